The quantitative estimate of drug-likeness (QED) is 0.808. The predicted octanol–water partition coefficient (Wildman–Crippen LogP) is 0.984. The number of nitrogens with one attached hydrogen (secondary N) is 1. The lowest BCUT2D eigenvalue weighted by Crippen LogP contribution is -2.14. The molecule has 88 valence electrons. The zero-order chi connectivity index (χ0) is 12.3. The van der Waals surface area contributed by atoms with Crippen molar-refractivity contribution in [3.8, 4) is 0 Å². The molecule has 0 saturated heterocycles. The van der Waals surface area contributed by atoms with Crippen LogP contribution in [0.4, 0.5) is 10.1 Å². The van der Waals surface area contributed by atoms with E-state index in [1.54, 1.807) is 0 Å². The predicted molar refractivity (Wildman–Crippen MR) is 56.2 cm³/mol. The molecular formula is C9H10FNO4S. The third-order valence-electron chi connectivity index (χ3n) is 1.68. The van der Waals surface area contributed by atoms with Gasteiger partial charge in [0, 0.05) is 0 Å². The van der Waals surface area contributed by atoms with E-state index in [1.807, 2.05) is 0 Å². The van der Waals surface area contributed by atoms with Gasteiger partial charge in [0.1, 0.15) is 5.82 Å². The lowest BCUT2D eigenvalue weighted by atomic mass is 10.2. The highest BCUT2D eigenvalue weighted by atomic mass is 32.2. The Morgan fingerprint density at radius 1 is 1.44 bits per heavy atom. The molecule has 1 aromatic carbocycles. The van der Waals surface area contributed by atoms with E-state index in [9.17, 15) is 17.6 Å². The van der Waals surface area contributed by atoms with Crippen molar-refractivity contribution < 1.29 is 22.3 Å². The second-order valence-electron chi connectivity index (χ2n) is 3.06. The molecule has 1 rings (SSSR count). The number of rotatable bonds is 3. The molecule has 0 aliphatic carbocycles. The molecule has 0 atom stereocenters. The highest BCUT2D eigenvalue weighted by molar-refractivity contribution is 7.92. The van der Waals surface area contributed by atoms with Gasteiger partial charge in [-0.2, -0.15) is 0 Å². The minimum absolute atomic E-state index is 0.0178. The third kappa shape index (κ3) is 3.20. The first-order valence-corrected chi connectivity index (χ1v) is 6.08. The molecule has 0 fully saturated rings. The van der Waals surface area contributed by atoms with Gasteiger partial charge in [0.15, 0.2) is 0 Å². The molecule has 7 heteroatoms. The van der Waals surface area contributed by atoms with Gasteiger partial charge in [0.2, 0.25) is 10.0 Å². The summed E-state index contributed by atoms with van der Waals surface area (Å²) >= 11 is 0. The molecule has 0 radical (unpaired) electrons. The number of benzene rings is 1. The molecule has 0 aliphatic heterocycles. The average Bonchev–Trinajstić information content (AvgIpc) is 2.17. The van der Waals surface area contributed by atoms with Crippen LogP contribution in [0, 0.1) is 5.82 Å². The van der Waals surface area contributed by atoms with Gasteiger partial charge in [0.05, 0.1) is 24.6 Å². The van der Waals surface area contributed by atoms with Crippen molar-refractivity contribution in [3.63, 3.8) is 0 Å². The second-order valence-corrected chi connectivity index (χ2v) is 4.80. The molecule has 0 aromatic heterocycles. The largest absolute Gasteiger partial charge is 0.465 e. The number of anilines is 1. The molecule has 5 nitrogen and oxygen atoms in total. The van der Waals surface area contributed by atoms with Gasteiger partial charge in [-0.05, 0) is 18.2 Å². The maximum atomic E-state index is 12.9. The zero-order valence-electron chi connectivity index (χ0n) is 8.65. The lowest BCUT2D eigenvalue weighted by Gasteiger charge is -2.08. The first-order valence-electron chi connectivity index (χ1n) is 4.19. The van der Waals surface area contributed by atoms with Crippen molar-refractivity contribution in [2.24, 2.45) is 0 Å². The maximum Gasteiger partial charge on any atom is 0.340 e. The van der Waals surface area contributed by atoms with Crippen molar-refractivity contribution in [2.75, 3.05) is 18.1 Å². The van der Waals surface area contributed by atoms with Gasteiger partial charge in [0.25, 0.3) is 0 Å². The van der Waals surface area contributed by atoms with Gasteiger partial charge in [-0.25, -0.2) is 17.6 Å². The molecule has 0 spiro atoms. The van der Waals surface area contributed by atoms with Crippen LogP contribution < -0.4 is 4.72 Å². The standard InChI is InChI=1S/C9H10FNO4S/c1-15-9(12)7-5-6(10)3-4-8(7)11-16(2,13)14/h3-5,11H,1-2H3. The topological polar surface area (TPSA) is 72.5 Å². The minimum Gasteiger partial charge on any atom is -0.465 e. The number of hydrogen-bond acceptors (Lipinski definition) is 4. The summed E-state index contributed by atoms with van der Waals surface area (Å²) in [6.45, 7) is 0. The molecule has 1 N–H and O–H groups in total. The number of ether oxygens (including phenoxy) is 1. The van der Waals surface area contributed by atoms with Crippen LogP contribution in [-0.2, 0) is 14.8 Å². The Morgan fingerprint density at radius 3 is 2.56 bits per heavy atom. The number of hydrogen-bond donors (Lipinski definition) is 1. The average molecular weight is 247 g/mol. The fraction of sp³-hybridized carbons (Fsp3) is 0.222. The normalized spacial score (nSPS) is 10.9. The summed E-state index contributed by atoms with van der Waals surface area (Å²) in [5, 5.41) is 0. The zero-order valence-corrected chi connectivity index (χ0v) is 9.47. The highest BCUT2D eigenvalue weighted by Crippen LogP contribution is 2.18. The van der Waals surface area contributed by atoms with Crippen LogP contribution in [0.5, 0.6) is 0 Å². The molecule has 0 unspecified atom stereocenters. The van der Waals surface area contributed by atoms with Crippen molar-refractivity contribution in [1.29, 1.82) is 0 Å². The van der Waals surface area contributed by atoms with Crippen LogP contribution in [0.2, 0.25) is 0 Å². The van der Waals surface area contributed by atoms with E-state index in [0.29, 0.717) is 0 Å². The van der Waals surface area contributed by atoms with Gasteiger partial charge >= 0.3 is 5.97 Å². The Kier molecular flexibility index (Phi) is 3.48. The molecule has 0 aliphatic rings. The Balaban J connectivity index is 3.23. The van der Waals surface area contributed by atoms with Crippen molar-refractivity contribution in [3.05, 3.63) is 29.6 Å². The van der Waals surface area contributed by atoms with Gasteiger partial charge < -0.3 is 4.74 Å². The Hall–Kier alpha value is -1.63. The number of halogens is 1. The Labute approximate surface area is 92.3 Å². The van der Waals surface area contributed by atoms with Crippen molar-refractivity contribution in [1.82, 2.24) is 0 Å². The summed E-state index contributed by atoms with van der Waals surface area (Å²) < 4.78 is 41.4. The number of carbonyl (C=O) groups excluding carboxylic acids is 1. The smallest absolute Gasteiger partial charge is 0.340 e. The minimum atomic E-state index is -3.53. The van der Waals surface area contributed by atoms with E-state index >= 15 is 0 Å². The number of sulfonamides is 1. The number of carbonyl (C=O) groups is 1. The first-order chi connectivity index (χ1) is 7.33. The summed E-state index contributed by atoms with van der Waals surface area (Å²) in [7, 11) is -2.41. The Bertz CT molecular complexity index is 512. The summed E-state index contributed by atoms with van der Waals surface area (Å²) in [6, 6.07) is 3.10. The van der Waals surface area contributed by atoms with Gasteiger partial charge in [-0.3, -0.25) is 4.72 Å². The molecule has 16 heavy (non-hydrogen) atoms. The lowest BCUT2D eigenvalue weighted by molar-refractivity contribution is 0.0601. The highest BCUT2D eigenvalue weighted by Gasteiger charge is 2.15. The van der Waals surface area contributed by atoms with Crippen molar-refractivity contribution >= 4 is 21.7 Å². The third-order valence-corrected chi connectivity index (χ3v) is 2.27. The van der Waals surface area contributed by atoms with Crippen LogP contribution in [0.15, 0.2) is 18.2 Å². The van der Waals surface area contributed by atoms with E-state index in [1.165, 1.54) is 0 Å². The van der Waals surface area contributed by atoms with Crippen LogP contribution in [0.25, 0.3) is 0 Å². The van der Waals surface area contributed by atoms with E-state index < -0.39 is 21.8 Å². The number of methoxy groups -OCH3 is 1. The van der Waals surface area contributed by atoms with Crippen LogP contribution in [0.1, 0.15) is 10.4 Å². The van der Waals surface area contributed by atoms with Crippen LogP contribution in [-0.4, -0.2) is 27.8 Å². The molecule has 0 bridgehead atoms. The first kappa shape index (κ1) is 12.4. The summed E-state index contributed by atoms with van der Waals surface area (Å²) in [4.78, 5) is 11.2. The van der Waals surface area contributed by atoms with Crippen LogP contribution in [0.3, 0.4) is 0 Å². The van der Waals surface area contributed by atoms with Gasteiger partial charge in [-0.1, -0.05) is 0 Å². The summed E-state index contributed by atoms with van der Waals surface area (Å²) in [6.07, 6.45) is 0.928. The second kappa shape index (κ2) is 4.48. The SMILES string of the molecule is COC(=O)c1cc(F)ccc1NS(C)(=O)=O. The van der Waals surface area contributed by atoms with Crippen LogP contribution >= 0.6 is 0 Å². The van der Waals surface area contributed by atoms with E-state index in [0.717, 1.165) is 31.6 Å². The molecule has 0 heterocycles. The summed E-state index contributed by atoms with van der Waals surface area (Å²) in [5.41, 5.74) is -0.191. The molecular weight excluding hydrogens is 237 g/mol. The van der Waals surface area contributed by atoms with E-state index in [2.05, 4.69) is 9.46 Å². The Morgan fingerprint density at radius 2 is 2.06 bits per heavy atom. The summed E-state index contributed by atoms with van der Waals surface area (Å²) in [5.74, 6) is -1.47. The number of esters is 1. The molecule has 0 saturated carbocycles. The van der Waals surface area contributed by atoms with Gasteiger partial charge in [-0.15, -0.1) is 0 Å². The monoisotopic (exact) mass is 247 g/mol. The van der Waals surface area contributed by atoms with E-state index in [-0.39, 0.29) is 11.3 Å². The molecule has 1 aromatic rings. The molecule has 0 amide bonds. The fourth-order valence-electron chi connectivity index (χ4n) is 1.08. The fourth-order valence-corrected chi connectivity index (χ4v) is 1.66. The maximum absolute atomic E-state index is 12.9. The van der Waals surface area contributed by atoms with E-state index in [4.69, 9.17) is 0 Å². The van der Waals surface area contributed by atoms with Crippen molar-refractivity contribution in [2.45, 2.75) is 0 Å².